The fourth-order valence-corrected chi connectivity index (χ4v) is 4.18. The Bertz CT molecular complexity index is 451. The maximum atomic E-state index is 12.5. The molecule has 7 nitrogen and oxygen atoms in total. The molecule has 3 N–H and O–H groups in total. The Morgan fingerprint density at radius 3 is 2.16 bits per heavy atom. The van der Waals surface area contributed by atoms with Crippen molar-refractivity contribution in [3.8, 4) is 0 Å². The van der Waals surface area contributed by atoms with Crippen LogP contribution in [0.5, 0.6) is 0 Å². The third-order valence-electron chi connectivity index (χ3n) is 5.96. The molecule has 0 aromatic rings. The van der Waals surface area contributed by atoms with E-state index in [1.807, 2.05) is 9.80 Å². The van der Waals surface area contributed by atoms with Crippen LogP contribution in [-0.4, -0.2) is 73.7 Å². The lowest BCUT2D eigenvalue weighted by molar-refractivity contribution is -0.141. The Balaban J connectivity index is 1.39. The predicted octanol–water partition coefficient (Wildman–Crippen LogP) is 0.784. The first-order chi connectivity index (χ1) is 12.2. The van der Waals surface area contributed by atoms with Gasteiger partial charge in [-0.15, -0.1) is 0 Å². The van der Waals surface area contributed by atoms with Gasteiger partial charge in [-0.3, -0.25) is 4.79 Å². The van der Waals surface area contributed by atoms with E-state index < -0.39 is 0 Å². The molecule has 3 rings (SSSR count). The van der Waals surface area contributed by atoms with Gasteiger partial charge in [0.25, 0.3) is 0 Å². The summed E-state index contributed by atoms with van der Waals surface area (Å²) in [6.45, 7) is 4.77. The maximum Gasteiger partial charge on any atom is 0.317 e. The van der Waals surface area contributed by atoms with Crippen LogP contribution in [0.25, 0.3) is 0 Å². The largest absolute Gasteiger partial charge is 0.378 e. The number of nitrogens with one attached hydrogen (secondary N) is 1. The van der Waals surface area contributed by atoms with Crippen molar-refractivity contribution in [2.45, 2.75) is 44.6 Å². The highest BCUT2D eigenvalue weighted by Crippen LogP contribution is 2.24. The van der Waals surface area contributed by atoms with E-state index in [4.69, 9.17) is 10.5 Å². The van der Waals surface area contributed by atoms with Crippen LogP contribution in [0.2, 0.25) is 0 Å². The van der Waals surface area contributed by atoms with Crippen LogP contribution in [-0.2, 0) is 9.53 Å². The van der Waals surface area contributed by atoms with E-state index in [1.165, 1.54) is 0 Å². The summed E-state index contributed by atoms with van der Waals surface area (Å²) in [6, 6.07) is 0.316. The highest BCUT2D eigenvalue weighted by Gasteiger charge is 2.31. The molecule has 0 unspecified atom stereocenters. The van der Waals surface area contributed by atoms with Crippen molar-refractivity contribution in [2.24, 2.45) is 17.6 Å². The van der Waals surface area contributed by atoms with Crippen LogP contribution in [0.15, 0.2) is 0 Å². The number of likely N-dealkylation sites (tertiary alicyclic amines) is 1. The fourth-order valence-electron chi connectivity index (χ4n) is 4.18. The number of piperidine rings is 1. The summed E-state index contributed by atoms with van der Waals surface area (Å²) in [5.74, 6) is 0.917. The van der Waals surface area contributed by atoms with Gasteiger partial charge in [0.1, 0.15) is 0 Å². The molecule has 0 bridgehead atoms. The summed E-state index contributed by atoms with van der Waals surface area (Å²) in [5.41, 5.74) is 5.72. The third kappa shape index (κ3) is 4.85. The molecule has 3 fully saturated rings. The summed E-state index contributed by atoms with van der Waals surface area (Å²) in [7, 11) is 0. The molecule has 2 saturated heterocycles. The average molecular weight is 352 g/mol. The van der Waals surface area contributed by atoms with Crippen molar-refractivity contribution in [1.29, 1.82) is 0 Å². The van der Waals surface area contributed by atoms with Crippen molar-refractivity contribution in [3.63, 3.8) is 0 Å². The number of nitrogens with zero attached hydrogens (tertiary/aromatic N) is 2. The minimum atomic E-state index is 0.0356. The second-order valence-corrected chi connectivity index (χ2v) is 7.60. The number of nitrogens with two attached hydrogens (primary N) is 1. The van der Waals surface area contributed by atoms with Crippen LogP contribution >= 0.6 is 0 Å². The third-order valence-corrected chi connectivity index (χ3v) is 5.96. The first-order valence-electron chi connectivity index (χ1n) is 9.79. The highest BCUT2D eigenvalue weighted by molar-refractivity contribution is 5.80. The lowest BCUT2D eigenvalue weighted by atomic mass is 9.86. The molecule has 2 heterocycles. The molecule has 2 aliphatic heterocycles. The van der Waals surface area contributed by atoms with Gasteiger partial charge in [-0.2, -0.15) is 0 Å². The van der Waals surface area contributed by atoms with Gasteiger partial charge < -0.3 is 25.6 Å². The summed E-state index contributed by atoms with van der Waals surface area (Å²) >= 11 is 0. The van der Waals surface area contributed by atoms with E-state index >= 15 is 0 Å². The Morgan fingerprint density at radius 2 is 1.56 bits per heavy atom. The highest BCUT2D eigenvalue weighted by atomic mass is 16.5. The van der Waals surface area contributed by atoms with Crippen LogP contribution in [0.4, 0.5) is 4.79 Å². The second-order valence-electron chi connectivity index (χ2n) is 7.60. The molecule has 3 amide bonds. The number of carbonyl (C=O) groups is 2. The zero-order chi connectivity index (χ0) is 17.6. The van der Waals surface area contributed by atoms with Crippen molar-refractivity contribution in [3.05, 3.63) is 0 Å². The van der Waals surface area contributed by atoms with Gasteiger partial charge in [0.2, 0.25) is 5.91 Å². The smallest absolute Gasteiger partial charge is 0.317 e. The van der Waals surface area contributed by atoms with Gasteiger partial charge in [-0.05, 0) is 51.0 Å². The van der Waals surface area contributed by atoms with Gasteiger partial charge in [0.15, 0.2) is 0 Å². The van der Waals surface area contributed by atoms with Gasteiger partial charge in [0, 0.05) is 38.1 Å². The standard InChI is InChI=1S/C18H32N4O3/c19-13-14-1-3-16(4-2-14)20-18(24)22-7-5-15(6-8-22)17(23)21-9-11-25-12-10-21/h14-16H,1-13,19H2,(H,20,24). The Morgan fingerprint density at radius 1 is 0.920 bits per heavy atom. The molecule has 0 radical (unpaired) electrons. The molecule has 0 aromatic heterocycles. The number of urea groups is 1. The minimum Gasteiger partial charge on any atom is -0.378 e. The molecule has 3 aliphatic rings. The Kier molecular flexibility index (Phi) is 6.53. The molecule has 1 aliphatic carbocycles. The number of rotatable bonds is 3. The topological polar surface area (TPSA) is 87.9 Å². The average Bonchev–Trinajstić information content (AvgIpc) is 2.69. The summed E-state index contributed by atoms with van der Waals surface area (Å²) in [6.07, 6.45) is 5.81. The zero-order valence-corrected chi connectivity index (χ0v) is 15.1. The second kappa shape index (κ2) is 8.85. The van der Waals surface area contributed by atoms with Crippen LogP contribution in [0.1, 0.15) is 38.5 Å². The van der Waals surface area contributed by atoms with Gasteiger partial charge >= 0.3 is 6.03 Å². The molecule has 142 valence electrons. The first kappa shape index (κ1) is 18.5. The number of hydrogen-bond acceptors (Lipinski definition) is 4. The van der Waals surface area contributed by atoms with E-state index in [-0.39, 0.29) is 23.9 Å². The van der Waals surface area contributed by atoms with Crippen molar-refractivity contribution in [1.82, 2.24) is 15.1 Å². The van der Waals surface area contributed by atoms with Crippen molar-refractivity contribution in [2.75, 3.05) is 45.9 Å². The van der Waals surface area contributed by atoms with Crippen LogP contribution in [0, 0.1) is 11.8 Å². The summed E-state index contributed by atoms with van der Waals surface area (Å²) in [4.78, 5) is 28.8. The minimum absolute atomic E-state index is 0.0356. The zero-order valence-electron chi connectivity index (χ0n) is 15.1. The maximum absolute atomic E-state index is 12.5. The molecular formula is C18H32N4O3. The number of amides is 3. The molecule has 0 aromatic carbocycles. The fraction of sp³-hybridized carbons (Fsp3) is 0.889. The molecule has 0 spiro atoms. The van der Waals surface area contributed by atoms with E-state index in [0.29, 0.717) is 45.3 Å². The lowest BCUT2D eigenvalue weighted by Crippen LogP contribution is -2.51. The van der Waals surface area contributed by atoms with Gasteiger partial charge in [-0.25, -0.2) is 4.79 Å². The predicted molar refractivity (Wildman–Crippen MR) is 95.0 cm³/mol. The molecule has 0 atom stereocenters. The first-order valence-corrected chi connectivity index (χ1v) is 9.79. The van der Waals surface area contributed by atoms with Crippen molar-refractivity contribution < 1.29 is 14.3 Å². The van der Waals surface area contributed by atoms with Crippen molar-refractivity contribution >= 4 is 11.9 Å². The van der Waals surface area contributed by atoms with E-state index in [1.54, 1.807) is 0 Å². The lowest BCUT2D eigenvalue weighted by Gasteiger charge is -2.36. The van der Waals surface area contributed by atoms with E-state index in [0.717, 1.165) is 45.1 Å². The Labute approximate surface area is 150 Å². The summed E-state index contributed by atoms with van der Waals surface area (Å²) in [5, 5.41) is 3.17. The number of hydrogen-bond donors (Lipinski definition) is 2. The quantitative estimate of drug-likeness (QED) is 0.786. The van der Waals surface area contributed by atoms with E-state index in [9.17, 15) is 9.59 Å². The molecule has 25 heavy (non-hydrogen) atoms. The number of ether oxygens (including phenoxy) is 1. The SMILES string of the molecule is NCC1CCC(NC(=O)N2CCC(C(=O)N3CCOCC3)CC2)CC1. The van der Waals surface area contributed by atoms with Crippen LogP contribution < -0.4 is 11.1 Å². The Hall–Kier alpha value is -1.34. The summed E-state index contributed by atoms with van der Waals surface area (Å²) < 4.78 is 5.31. The monoisotopic (exact) mass is 352 g/mol. The normalized spacial score (nSPS) is 28.7. The van der Waals surface area contributed by atoms with E-state index in [2.05, 4.69) is 5.32 Å². The number of carbonyl (C=O) groups excluding carboxylic acids is 2. The molecule has 7 heteroatoms. The number of morpholine rings is 1. The van der Waals surface area contributed by atoms with Gasteiger partial charge in [0.05, 0.1) is 13.2 Å². The van der Waals surface area contributed by atoms with Gasteiger partial charge in [-0.1, -0.05) is 0 Å². The molecular weight excluding hydrogens is 320 g/mol. The van der Waals surface area contributed by atoms with Crippen LogP contribution in [0.3, 0.4) is 0 Å². The molecule has 1 saturated carbocycles.